The number of hydrogen-bond acceptors (Lipinski definition) is 4. The average molecular weight is 263 g/mol. The lowest BCUT2D eigenvalue weighted by Gasteiger charge is -2.23. The van der Waals surface area contributed by atoms with E-state index in [4.69, 9.17) is 0 Å². The van der Waals surface area contributed by atoms with Crippen molar-refractivity contribution < 1.29 is 9.72 Å². The van der Waals surface area contributed by atoms with Gasteiger partial charge in [0.25, 0.3) is 5.69 Å². The maximum absolute atomic E-state index is 12.2. The molecule has 0 saturated carbocycles. The lowest BCUT2D eigenvalue weighted by molar-refractivity contribution is -0.385. The van der Waals surface area contributed by atoms with Crippen LogP contribution in [0.15, 0.2) is 18.2 Å². The van der Waals surface area contributed by atoms with Crippen LogP contribution in [0.5, 0.6) is 0 Å². The maximum atomic E-state index is 12.2. The van der Waals surface area contributed by atoms with Gasteiger partial charge in [-0.2, -0.15) is 0 Å². The van der Waals surface area contributed by atoms with Gasteiger partial charge in [0.15, 0.2) is 0 Å². The zero-order valence-electron chi connectivity index (χ0n) is 11.0. The minimum absolute atomic E-state index is 0.0585. The van der Waals surface area contributed by atoms with Crippen LogP contribution in [0.1, 0.15) is 25.3 Å². The highest BCUT2D eigenvalue weighted by molar-refractivity contribution is 5.98. The summed E-state index contributed by atoms with van der Waals surface area (Å²) in [6, 6.07) is 4.59. The van der Waals surface area contributed by atoms with Crippen molar-refractivity contribution in [1.82, 2.24) is 5.32 Å². The summed E-state index contributed by atoms with van der Waals surface area (Å²) in [5.74, 6) is -0.0988. The van der Waals surface area contributed by atoms with Crippen LogP contribution in [-0.2, 0) is 4.79 Å². The summed E-state index contributed by atoms with van der Waals surface area (Å²) < 4.78 is 0. The van der Waals surface area contributed by atoms with Crippen molar-refractivity contribution in [2.45, 2.75) is 32.2 Å². The van der Waals surface area contributed by atoms with E-state index < -0.39 is 10.5 Å². The van der Waals surface area contributed by atoms with Crippen LogP contribution >= 0.6 is 0 Å². The van der Waals surface area contributed by atoms with Crippen LogP contribution < -0.4 is 10.6 Å². The first-order chi connectivity index (χ1) is 8.92. The number of benzene rings is 1. The molecule has 1 amide bonds. The lowest BCUT2D eigenvalue weighted by atomic mass is 9.99. The second-order valence-electron chi connectivity index (χ2n) is 5.07. The third kappa shape index (κ3) is 2.73. The van der Waals surface area contributed by atoms with Crippen LogP contribution in [0.3, 0.4) is 0 Å². The third-order valence-corrected chi connectivity index (χ3v) is 3.52. The summed E-state index contributed by atoms with van der Waals surface area (Å²) in [5.41, 5.74) is 0.633. The number of amides is 1. The van der Waals surface area contributed by atoms with Gasteiger partial charge in [-0.3, -0.25) is 14.9 Å². The highest BCUT2D eigenvalue weighted by atomic mass is 16.6. The number of carbonyl (C=O) groups is 1. The summed E-state index contributed by atoms with van der Waals surface area (Å²) in [7, 11) is 0. The third-order valence-electron chi connectivity index (χ3n) is 3.52. The first-order valence-corrected chi connectivity index (χ1v) is 6.24. The van der Waals surface area contributed by atoms with Crippen molar-refractivity contribution in [2.75, 3.05) is 11.9 Å². The van der Waals surface area contributed by atoms with Gasteiger partial charge in [-0.25, -0.2) is 0 Å². The highest BCUT2D eigenvalue weighted by Crippen LogP contribution is 2.24. The van der Waals surface area contributed by atoms with Gasteiger partial charge in [0.05, 0.1) is 10.5 Å². The minimum Gasteiger partial charge on any atom is -0.324 e. The molecule has 1 aliphatic rings. The SMILES string of the molecule is Cc1cc(NC(=O)C2(C)CCCN2)ccc1[N+](=O)[O-]. The Labute approximate surface area is 111 Å². The smallest absolute Gasteiger partial charge is 0.272 e. The Morgan fingerprint density at radius 2 is 2.26 bits per heavy atom. The predicted molar refractivity (Wildman–Crippen MR) is 72.1 cm³/mol. The summed E-state index contributed by atoms with van der Waals surface area (Å²) in [4.78, 5) is 22.5. The van der Waals surface area contributed by atoms with Crippen molar-refractivity contribution in [2.24, 2.45) is 0 Å². The molecule has 0 aliphatic carbocycles. The van der Waals surface area contributed by atoms with Gasteiger partial charge in [-0.1, -0.05) is 0 Å². The number of anilines is 1. The van der Waals surface area contributed by atoms with E-state index in [0.29, 0.717) is 11.3 Å². The Balaban J connectivity index is 2.13. The van der Waals surface area contributed by atoms with Crippen molar-refractivity contribution in [1.29, 1.82) is 0 Å². The number of rotatable bonds is 3. The Morgan fingerprint density at radius 3 is 2.79 bits per heavy atom. The van der Waals surface area contributed by atoms with E-state index in [1.807, 2.05) is 6.92 Å². The Bertz CT molecular complexity index is 522. The summed E-state index contributed by atoms with van der Waals surface area (Å²) in [6.45, 7) is 4.36. The van der Waals surface area contributed by atoms with E-state index >= 15 is 0 Å². The second kappa shape index (κ2) is 4.97. The molecule has 0 spiro atoms. The molecule has 1 fully saturated rings. The van der Waals surface area contributed by atoms with Gasteiger partial charge in [0, 0.05) is 17.3 Å². The molecule has 19 heavy (non-hydrogen) atoms. The minimum atomic E-state index is -0.546. The molecule has 0 bridgehead atoms. The molecular weight excluding hydrogens is 246 g/mol. The standard InChI is InChI=1S/C13H17N3O3/c1-9-8-10(4-5-11(9)16(18)19)15-12(17)13(2)6-3-7-14-13/h4-5,8,14H,3,6-7H2,1-2H3,(H,15,17). The molecule has 0 radical (unpaired) electrons. The van der Waals surface area contributed by atoms with E-state index in [9.17, 15) is 14.9 Å². The zero-order valence-corrected chi connectivity index (χ0v) is 11.0. The van der Waals surface area contributed by atoms with Gasteiger partial charge < -0.3 is 10.6 Å². The summed E-state index contributed by atoms with van der Waals surface area (Å²) >= 11 is 0. The molecule has 6 nitrogen and oxygen atoms in total. The monoisotopic (exact) mass is 263 g/mol. The molecule has 2 N–H and O–H groups in total. The Hall–Kier alpha value is -1.95. The normalized spacial score (nSPS) is 22.2. The number of nitro groups is 1. The molecule has 1 aliphatic heterocycles. The van der Waals surface area contributed by atoms with Crippen molar-refractivity contribution in [3.8, 4) is 0 Å². The quantitative estimate of drug-likeness (QED) is 0.645. The number of nitrogens with zero attached hydrogens (tertiary/aromatic N) is 1. The first kappa shape index (κ1) is 13.5. The molecule has 102 valence electrons. The van der Waals surface area contributed by atoms with Crippen molar-refractivity contribution >= 4 is 17.3 Å². The largest absolute Gasteiger partial charge is 0.324 e. The fourth-order valence-corrected chi connectivity index (χ4v) is 2.30. The zero-order chi connectivity index (χ0) is 14.0. The number of nitrogens with one attached hydrogen (secondary N) is 2. The molecule has 1 saturated heterocycles. The number of hydrogen-bond donors (Lipinski definition) is 2. The molecule has 0 aromatic heterocycles. The van der Waals surface area contributed by atoms with E-state index in [-0.39, 0.29) is 11.6 Å². The fraction of sp³-hybridized carbons (Fsp3) is 0.462. The number of carbonyl (C=O) groups excluding carboxylic acids is 1. The summed E-state index contributed by atoms with van der Waals surface area (Å²) in [5, 5.41) is 16.7. The van der Waals surface area contributed by atoms with Gasteiger partial charge in [-0.15, -0.1) is 0 Å². The van der Waals surface area contributed by atoms with E-state index in [1.54, 1.807) is 19.1 Å². The molecule has 2 rings (SSSR count). The van der Waals surface area contributed by atoms with Crippen LogP contribution in [-0.4, -0.2) is 22.9 Å². The number of nitro benzene ring substituents is 1. The fourth-order valence-electron chi connectivity index (χ4n) is 2.30. The van der Waals surface area contributed by atoms with Gasteiger partial charge in [0.1, 0.15) is 0 Å². The molecule has 1 unspecified atom stereocenters. The van der Waals surface area contributed by atoms with Crippen LogP contribution in [0.4, 0.5) is 11.4 Å². The molecule has 1 heterocycles. The molecule has 1 atom stereocenters. The van der Waals surface area contributed by atoms with Gasteiger partial charge in [-0.05, 0) is 45.4 Å². The maximum Gasteiger partial charge on any atom is 0.272 e. The van der Waals surface area contributed by atoms with E-state index in [1.165, 1.54) is 6.07 Å². The van der Waals surface area contributed by atoms with Gasteiger partial charge in [0.2, 0.25) is 5.91 Å². The van der Waals surface area contributed by atoms with Gasteiger partial charge >= 0.3 is 0 Å². The van der Waals surface area contributed by atoms with Crippen LogP contribution in [0, 0.1) is 17.0 Å². The Morgan fingerprint density at radius 1 is 1.53 bits per heavy atom. The Kier molecular flexibility index (Phi) is 3.53. The average Bonchev–Trinajstić information content (AvgIpc) is 2.77. The molecule has 1 aromatic rings. The highest BCUT2D eigenvalue weighted by Gasteiger charge is 2.35. The van der Waals surface area contributed by atoms with Crippen molar-refractivity contribution in [3.63, 3.8) is 0 Å². The van der Waals surface area contributed by atoms with E-state index in [2.05, 4.69) is 10.6 Å². The van der Waals surface area contributed by atoms with Crippen LogP contribution in [0.2, 0.25) is 0 Å². The van der Waals surface area contributed by atoms with Crippen LogP contribution in [0.25, 0.3) is 0 Å². The topological polar surface area (TPSA) is 84.3 Å². The van der Waals surface area contributed by atoms with E-state index in [0.717, 1.165) is 19.4 Å². The summed E-state index contributed by atoms with van der Waals surface area (Å²) in [6.07, 6.45) is 1.77. The van der Waals surface area contributed by atoms with Crippen molar-refractivity contribution in [3.05, 3.63) is 33.9 Å². The molecule has 1 aromatic carbocycles. The second-order valence-corrected chi connectivity index (χ2v) is 5.07. The lowest BCUT2D eigenvalue weighted by Crippen LogP contribution is -2.47. The molecular formula is C13H17N3O3. The number of aryl methyl sites for hydroxylation is 1. The first-order valence-electron chi connectivity index (χ1n) is 6.24. The molecule has 6 heteroatoms. The predicted octanol–water partition coefficient (Wildman–Crippen LogP) is 1.98.